The predicted octanol–water partition coefficient (Wildman–Crippen LogP) is 7.70. The Balaban J connectivity index is 1.30. The Morgan fingerprint density at radius 3 is 2.41 bits per heavy atom. The lowest BCUT2D eigenvalue weighted by molar-refractivity contribution is 0.474. The molecule has 4 aromatic carbocycles. The molecule has 41 heavy (non-hydrogen) atoms. The standard InChI is InChI=1S/C38H35BO2/c1-20-16-30-34-31(17-20)41-36-28(39(34)29-18-22-10-12-23(37(2,3)4)19-26(22)35(29)40-30)15-14-27-32(36)25-13-11-21-8-7-9-24(21)33(25)38(27,5)6/h10-17,19H,7-9,18H2,1-6H3. The number of fused-ring (bicyclic) bond motifs is 11. The van der Waals surface area contributed by atoms with Crippen molar-refractivity contribution < 1.29 is 9.47 Å². The summed E-state index contributed by atoms with van der Waals surface area (Å²) in [5, 5.41) is 0. The van der Waals surface area contributed by atoms with Crippen molar-refractivity contribution in [3.8, 4) is 28.4 Å². The summed E-state index contributed by atoms with van der Waals surface area (Å²) in [7, 11) is 0. The third-order valence-corrected chi connectivity index (χ3v) is 10.6. The van der Waals surface area contributed by atoms with Crippen LogP contribution < -0.4 is 20.4 Å². The normalized spacial score (nSPS) is 18.0. The SMILES string of the molecule is Cc1cc2c3c(c1)Oc1c(ccc4c1-c1ccc5c(c1C4(C)C)CCC5)B3C1=C(O2)c2cc(C(C)(C)C)ccc2C1. The predicted molar refractivity (Wildman–Crippen MR) is 169 cm³/mol. The van der Waals surface area contributed by atoms with Crippen LogP contribution in [0.4, 0.5) is 0 Å². The molecular formula is C38H35BO2. The van der Waals surface area contributed by atoms with Crippen LogP contribution in [0.15, 0.2) is 60.1 Å². The first kappa shape index (κ1) is 23.9. The Morgan fingerprint density at radius 1 is 0.829 bits per heavy atom. The number of allylic oxidation sites excluding steroid dienone is 1. The molecule has 3 aliphatic carbocycles. The van der Waals surface area contributed by atoms with Gasteiger partial charge in [0.25, 0.3) is 6.71 Å². The van der Waals surface area contributed by atoms with Gasteiger partial charge in [-0.3, -0.25) is 0 Å². The molecule has 0 bridgehead atoms. The van der Waals surface area contributed by atoms with Gasteiger partial charge >= 0.3 is 0 Å². The first-order chi connectivity index (χ1) is 19.6. The Morgan fingerprint density at radius 2 is 1.61 bits per heavy atom. The molecule has 5 aliphatic rings. The minimum Gasteiger partial charge on any atom is -0.458 e. The van der Waals surface area contributed by atoms with E-state index < -0.39 is 0 Å². The monoisotopic (exact) mass is 534 g/mol. The highest BCUT2D eigenvalue weighted by atomic mass is 16.5. The lowest BCUT2D eigenvalue weighted by Crippen LogP contribution is -2.51. The fraction of sp³-hybridized carbons (Fsp3) is 0.316. The van der Waals surface area contributed by atoms with Gasteiger partial charge in [0.05, 0.1) is 0 Å². The van der Waals surface area contributed by atoms with Crippen molar-refractivity contribution in [3.05, 3.63) is 105 Å². The number of rotatable bonds is 0. The average molecular weight is 535 g/mol. The average Bonchev–Trinajstić information content (AvgIpc) is 3.60. The summed E-state index contributed by atoms with van der Waals surface area (Å²) in [6.45, 7) is 14.0. The van der Waals surface area contributed by atoms with Gasteiger partial charge in [0, 0.05) is 22.0 Å². The quantitative estimate of drug-likeness (QED) is 0.215. The summed E-state index contributed by atoms with van der Waals surface area (Å²) < 4.78 is 13.8. The van der Waals surface area contributed by atoms with Crippen LogP contribution in [0.5, 0.6) is 17.2 Å². The molecule has 0 spiro atoms. The van der Waals surface area contributed by atoms with E-state index in [4.69, 9.17) is 9.47 Å². The second-order valence-electron chi connectivity index (χ2n) is 14.5. The van der Waals surface area contributed by atoms with E-state index in [1.54, 1.807) is 11.1 Å². The van der Waals surface area contributed by atoms with Crippen molar-refractivity contribution in [2.45, 2.75) is 78.1 Å². The van der Waals surface area contributed by atoms with Crippen LogP contribution in [0.3, 0.4) is 0 Å². The maximum Gasteiger partial charge on any atom is 0.256 e. The molecule has 4 aromatic rings. The van der Waals surface area contributed by atoms with Crippen molar-refractivity contribution in [1.29, 1.82) is 0 Å². The number of aryl methyl sites for hydroxylation is 2. The molecule has 0 N–H and O–H groups in total. The number of hydrogen-bond acceptors (Lipinski definition) is 2. The number of benzene rings is 4. The summed E-state index contributed by atoms with van der Waals surface area (Å²) in [4.78, 5) is 0. The smallest absolute Gasteiger partial charge is 0.256 e. The summed E-state index contributed by atoms with van der Waals surface area (Å²) in [6.07, 6.45) is 4.57. The van der Waals surface area contributed by atoms with Gasteiger partial charge in [0.15, 0.2) is 0 Å². The molecule has 2 nitrogen and oxygen atoms in total. The summed E-state index contributed by atoms with van der Waals surface area (Å²) in [6, 6.07) is 21.0. The maximum absolute atomic E-state index is 7.00. The minimum atomic E-state index is -0.0379. The Hall–Kier alpha value is -3.72. The van der Waals surface area contributed by atoms with Gasteiger partial charge in [-0.15, -0.1) is 0 Å². The largest absolute Gasteiger partial charge is 0.458 e. The third-order valence-electron chi connectivity index (χ3n) is 10.6. The van der Waals surface area contributed by atoms with Crippen LogP contribution in [0.2, 0.25) is 0 Å². The molecule has 9 rings (SSSR count). The molecule has 0 fully saturated rings. The van der Waals surface area contributed by atoms with Gasteiger partial charge in [-0.1, -0.05) is 71.0 Å². The first-order valence-electron chi connectivity index (χ1n) is 15.3. The zero-order chi connectivity index (χ0) is 28.0. The highest BCUT2D eigenvalue weighted by molar-refractivity contribution is 6.94. The van der Waals surface area contributed by atoms with E-state index in [1.807, 2.05) is 0 Å². The molecule has 2 heterocycles. The zero-order valence-electron chi connectivity index (χ0n) is 24.9. The second-order valence-corrected chi connectivity index (χ2v) is 14.5. The molecule has 0 saturated carbocycles. The van der Waals surface area contributed by atoms with Crippen molar-refractivity contribution in [2.75, 3.05) is 0 Å². The fourth-order valence-electron chi connectivity index (χ4n) is 8.59. The summed E-state index contributed by atoms with van der Waals surface area (Å²) >= 11 is 0. The first-order valence-corrected chi connectivity index (χ1v) is 15.3. The van der Waals surface area contributed by atoms with Gasteiger partial charge in [-0.2, -0.15) is 0 Å². The third kappa shape index (κ3) is 3.00. The molecule has 3 heteroatoms. The van der Waals surface area contributed by atoms with Gasteiger partial charge < -0.3 is 9.47 Å². The molecule has 202 valence electrons. The molecule has 0 radical (unpaired) electrons. The Bertz CT molecular complexity index is 1920. The maximum atomic E-state index is 7.00. The molecule has 0 amide bonds. The van der Waals surface area contributed by atoms with E-state index in [9.17, 15) is 0 Å². The second kappa shape index (κ2) is 7.56. The van der Waals surface area contributed by atoms with Crippen LogP contribution in [0.25, 0.3) is 16.9 Å². The van der Waals surface area contributed by atoms with Crippen LogP contribution >= 0.6 is 0 Å². The summed E-state index contributed by atoms with van der Waals surface area (Å²) in [5.41, 5.74) is 17.8. The van der Waals surface area contributed by atoms with E-state index in [0.29, 0.717) is 0 Å². The van der Waals surface area contributed by atoms with Crippen LogP contribution in [0.1, 0.15) is 85.5 Å². The number of ether oxygens (including phenoxy) is 2. The van der Waals surface area contributed by atoms with Crippen LogP contribution in [-0.2, 0) is 30.1 Å². The van der Waals surface area contributed by atoms with E-state index in [1.165, 1.54) is 74.6 Å². The highest BCUT2D eigenvalue weighted by Crippen LogP contribution is 2.56. The lowest BCUT2D eigenvalue weighted by atomic mass is 9.34. The molecule has 0 unspecified atom stereocenters. The molecule has 2 aliphatic heterocycles. The van der Waals surface area contributed by atoms with Crippen molar-refractivity contribution in [3.63, 3.8) is 0 Å². The lowest BCUT2D eigenvalue weighted by Gasteiger charge is -2.34. The van der Waals surface area contributed by atoms with Crippen LogP contribution in [-0.4, -0.2) is 6.71 Å². The Labute approximate surface area is 243 Å². The van der Waals surface area contributed by atoms with E-state index in [-0.39, 0.29) is 17.5 Å². The molecule has 0 atom stereocenters. The minimum absolute atomic E-state index is 0.0379. The number of hydrogen-bond donors (Lipinski definition) is 0. The van der Waals surface area contributed by atoms with E-state index in [2.05, 4.69) is 96.1 Å². The fourth-order valence-corrected chi connectivity index (χ4v) is 8.59. The Kier molecular flexibility index (Phi) is 4.42. The van der Waals surface area contributed by atoms with Gasteiger partial charge in [0.1, 0.15) is 23.0 Å². The van der Waals surface area contributed by atoms with Gasteiger partial charge in [-0.25, -0.2) is 0 Å². The van der Waals surface area contributed by atoms with Crippen molar-refractivity contribution in [2.24, 2.45) is 0 Å². The zero-order valence-corrected chi connectivity index (χ0v) is 24.9. The van der Waals surface area contributed by atoms with E-state index in [0.717, 1.165) is 35.0 Å². The summed E-state index contributed by atoms with van der Waals surface area (Å²) in [5.74, 6) is 4.02. The highest BCUT2D eigenvalue weighted by Gasteiger charge is 2.48. The van der Waals surface area contributed by atoms with Gasteiger partial charge in [0.2, 0.25) is 0 Å². The van der Waals surface area contributed by atoms with Crippen LogP contribution in [0, 0.1) is 6.92 Å². The van der Waals surface area contributed by atoms with E-state index >= 15 is 0 Å². The van der Waals surface area contributed by atoms with Crippen molar-refractivity contribution in [1.82, 2.24) is 0 Å². The molecule has 0 aromatic heterocycles. The topological polar surface area (TPSA) is 18.5 Å². The van der Waals surface area contributed by atoms with Gasteiger partial charge in [-0.05, 0) is 112 Å². The van der Waals surface area contributed by atoms with Crippen molar-refractivity contribution >= 4 is 23.4 Å². The molecule has 0 saturated heterocycles. The molecular weight excluding hydrogens is 499 g/mol.